The van der Waals surface area contributed by atoms with E-state index in [9.17, 15) is 54.9 Å². The molecule has 1 amide bonds. The van der Waals surface area contributed by atoms with Crippen LogP contribution in [0.25, 0.3) is 16.3 Å². The van der Waals surface area contributed by atoms with Crippen molar-refractivity contribution in [1.29, 1.82) is 0 Å². The number of carbonyl (C=O) groups is 3. The number of aromatic nitrogens is 1. The highest BCUT2D eigenvalue weighted by atomic mass is 19.1. The third kappa shape index (κ3) is 11.3. The van der Waals surface area contributed by atoms with Crippen molar-refractivity contribution in [1.82, 2.24) is 14.3 Å². The van der Waals surface area contributed by atoms with Gasteiger partial charge in [-0.2, -0.15) is 5.10 Å². The number of phenolic OH excluding ortho intramolecular Hbond substituents is 3. The van der Waals surface area contributed by atoms with Crippen LogP contribution in [0.2, 0.25) is 0 Å². The molecule has 4 aromatic rings. The zero-order valence-corrected chi connectivity index (χ0v) is 51.3. The number of carboxylic acids is 1. The molecule has 11 rings (SSSR count). The number of rotatable bonds is 10. The fraction of sp³-hybridized carbons (Fsp3) is 0.554. The van der Waals surface area contributed by atoms with Gasteiger partial charge in [-0.1, -0.05) is 45.9 Å². The van der Waals surface area contributed by atoms with Crippen LogP contribution >= 0.6 is 0 Å². The molecule has 11 atom stereocenters. The number of allylic oxidation sites excluding steroid dienone is 2. The highest BCUT2D eigenvalue weighted by molar-refractivity contribution is 6.16. The summed E-state index contributed by atoms with van der Waals surface area (Å²) >= 11 is 0. The smallest absolute Gasteiger partial charge is 0.341 e. The number of aromatic hydroxyl groups is 3. The topological polar surface area (TPSA) is 285 Å². The fourth-order valence-corrected chi connectivity index (χ4v) is 14.3. The van der Waals surface area contributed by atoms with Crippen LogP contribution in [-0.4, -0.2) is 156 Å². The Kier molecular flexibility index (Phi) is 17.4. The number of amides is 1. The van der Waals surface area contributed by atoms with E-state index in [1.807, 2.05) is 11.9 Å². The minimum atomic E-state index is -1.92. The fourth-order valence-electron chi connectivity index (χ4n) is 14.3. The third-order valence-corrected chi connectivity index (χ3v) is 20.0. The van der Waals surface area contributed by atoms with E-state index in [-0.39, 0.29) is 73.5 Å². The van der Waals surface area contributed by atoms with Gasteiger partial charge in [0.25, 0.3) is 17.3 Å². The molecular formula is C65H83FN6O15. The lowest BCUT2D eigenvalue weighted by Gasteiger charge is -2.42. The van der Waals surface area contributed by atoms with Crippen molar-refractivity contribution in [2.45, 2.75) is 161 Å². The van der Waals surface area contributed by atoms with E-state index in [2.05, 4.69) is 22.2 Å². The molecule has 5 aliphatic heterocycles. The lowest BCUT2D eigenvalue weighted by Crippen LogP contribution is -2.50. The van der Waals surface area contributed by atoms with Crippen LogP contribution in [0.4, 0.5) is 15.8 Å². The number of nitrogens with zero attached hydrogens (tertiary/aromatic N) is 5. The molecule has 2 saturated carbocycles. The van der Waals surface area contributed by atoms with Crippen molar-refractivity contribution in [2.24, 2.45) is 34.7 Å². The average molecular weight is 1210 g/mol. The number of phenols is 3. The summed E-state index contributed by atoms with van der Waals surface area (Å²) in [5, 5.41) is 91.1. The zero-order chi connectivity index (χ0) is 63.0. The first kappa shape index (κ1) is 62.8. The molecule has 2 aromatic heterocycles. The number of carboxylic acid groups (broad SMARTS) is 1. The van der Waals surface area contributed by atoms with E-state index in [0.29, 0.717) is 55.8 Å². The number of ether oxygens (including phenoxy) is 4. The minimum absolute atomic E-state index is 0.0246. The molecule has 1 unspecified atom stereocenters. The van der Waals surface area contributed by atoms with E-state index in [1.54, 1.807) is 39.8 Å². The number of aliphatic hydroxyl groups is 3. The first-order valence-corrected chi connectivity index (χ1v) is 30.3. The van der Waals surface area contributed by atoms with Gasteiger partial charge >= 0.3 is 11.9 Å². The van der Waals surface area contributed by atoms with E-state index in [1.165, 1.54) is 69.9 Å². The van der Waals surface area contributed by atoms with Crippen LogP contribution < -0.4 is 20.5 Å². The molecule has 7 heterocycles. The van der Waals surface area contributed by atoms with Crippen LogP contribution in [0.5, 0.6) is 23.0 Å². The lowest BCUT2D eigenvalue weighted by atomic mass is 9.78. The van der Waals surface area contributed by atoms with Crippen LogP contribution in [0.3, 0.4) is 0 Å². The monoisotopic (exact) mass is 1210 g/mol. The number of esters is 1. The van der Waals surface area contributed by atoms with Crippen LogP contribution in [0.1, 0.15) is 144 Å². The van der Waals surface area contributed by atoms with Gasteiger partial charge in [-0.3, -0.25) is 28.7 Å². The van der Waals surface area contributed by atoms with Crippen LogP contribution in [0.15, 0.2) is 58.3 Å². The Hall–Kier alpha value is -7.24. The van der Waals surface area contributed by atoms with Gasteiger partial charge in [0.1, 0.15) is 28.9 Å². The summed E-state index contributed by atoms with van der Waals surface area (Å²) in [6.45, 7) is 16.7. The SMILES string of the molecule is CO[C@H]1/C=C/O[C@@]2(C)Oc3c(C)c(O)c4c(O)c(c(/C=N/N5CCC(N(C)C6([C@@H]7CCN(c8c(F)cn9c(=O)c(C(=O)O)cc(C%10CC%10)c9c8C)C7)CC6)CC5)c(O)c4c3C2O)NC(=O)/C(C)=C\C=C\[C@H](C)[C@H](O)[C@@H](C)[C@@H](O)[C@@H](C)[C@H](OC(C)=O)[C@@H]1C. The predicted molar refractivity (Wildman–Crippen MR) is 324 cm³/mol. The maximum absolute atomic E-state index is 16.3. The molecule has 0 radical (unpaired) electrons. The van der Waals surface area contributed by atoms with Crippen LogP contribution in [-0.2, 0) is 23.8 Å². The molecule has 470 valence electrons. The second kappa shape index (κ2) is 24.0. The van der Waals surface area contributed by atoms with Crippen molar-refractivity contribution >= 4 is 51.7 Å². The summed E-state index contributed by atoms with van der Waals surface area (Å²) < 4.78 is 41.6. The number of carbonyl (C=O) groups excluding carboxylic acids is 2. The van der Waals surface area contributed by atoms with Gasteiger partial charge in [0.15, 0.2) is 17.7 Å². The Labute approximate surface area is 505 Å². The number of hydrogen-bond acceptors (Lipinski definition) is 18. The van der Waals surface area contributed by atoms with Gasteiger partial charge in [-0.25, -0.2) is 9.18 Å². The van der Waals surface area contributed by atoms with E-state index < -0.39 is 106 Å². The second-order valence-electron chi connectivity index (χ2n) is 25.4. The number of hydrazone groups is 1. The molecule has 22 heteroatoms. The standard InChI is InChI=1S/C65H83FN6O15/c1-31-13-12-14-32(2)61(80)68-50-44(56(77)47-48(57(50)78)55(76)37(7)59-49(47)60(79)64(9,87-59)85-26-20-46(84-11)33(3)58(86-38(8)73)36(6)54(75)35(5)53(31)74)28-67-71-24-18-41(19-25-71)69(10)65(21-22-65)40-17-23-70(29-40)52-34(4)51-42(39-15-16-39)27-43(63(82)83)62(81)72(51)30-45(52)66/h12-14,20,26-28,30-31,33,35-36,39-41,46,53-54,58,60,74-79H,15-19,21-25,29H2,1-11H3,(H,68,80)(H,82,83)/b13-12+,26-20+,32-14-,67-28+/t31-,33+,35+,36+,40+,46-,53-,54+,58+,60?,64-/m0/s1. The molecule has 21 nitrogen and oxygen atoms in total. The van der Waals surface area contributed by atoms with Crippen molar-refractivity contribution in [3.05, 3.63) is 98.0 Å². The molecule has 0 spiro atoms. The van der Waals surface area contributed by atoms with E-state index >= 15 is 4.39 Å². The summed E-state index contributed by atoms with van der Waals surface area (Å²) in [6, 6.07) is 1.64. The van der Waals surface area contributed by atoms with Gasteiger partial charge in [-0.15, -0.1) is 0 Å². The first-order valence-electron chi connectivity index (χ1n) is 30.3. The Bertz CT molecular complexity index is 3580. The Balaban J connectivity index is 0.931. The highest BCUT2D eigenvalue weighted by Crippen LogP contribution is 2.59. The molecule has 4 fully saturated rings. The highest BCUT2D eigenvalue weighted by Gasteiger charge is 2.56. The minimum Gasteiger partial charge on any atom is -0.507 e. The number of piperidine rings is 1. The van der Waals surface area contributed by atoms with Crippen molar-refractivity contribution in [2.75, 3.05) is 50.6 Å². The maximum atomic E-state index is 16.3. The third-order valence-electron chi connectivity index (χ3n) is 20.0. The number of benzene rings is 2. The summed E-state index contributed by atoms with van der Waals surface area (Å²) in [5.41, 5.74) is 0.960. The largest absolute Gasteiger partial charge is 0.507 e. The molecule has 7 aliphatic rings. The van der Waals surface area contributed by atoms with Gasteiger partial charge in [0.2, 0.25) is 0 Å². The number of fused-ring (bicyclic) bond motifs is 15. The second-order valence-corrected chi connectivity index (χ2v) is 25.4. The number of halogens is 1. The summed E-state index contributed by atoms with van der Waals surface area (Å²) in [4.78, 5) is 56.6. The molecule has 8 N–H and O–H groups in total. The first-order chi connectivity index (χ1) is 41.2. The van der Waals surface area contributed by atoms with E-state index in [4.69, 9.17) is 24.0 Å². The number of pyridine rings is 2. The Morgan fingerprint density at radius 1 is 0.897 bits per heavy atom. The Morgan fingerprint density at radius 2 is 1.59 bits per heavy atom. The lowest BCUT2D eigenvalue weighted by molar-refractivity contribution is -0.181. The number of aliphatic hydroxyl groups excluding tert-OH is 3. The molecular weight excluding hydrogens is 1120 g/mol. The summed E-state index contributed by atoms with van der Waals surface area (Å²) in [5.74, 6) is -9.10. The van der Waals surface area contributed by atoms with Gasteiger partial charge in [0, 0.05) is 104 Å². The summed E-state index contributed by atoms with van der Waals surface area (Å²) in [7, 11) is 3.60. The predicted octanol–water partition coefficient (Wildman–Crippen LogP) is 8.03. The zero-order valence-electron chi connectivity index (χ0n) is 51.3. The normalized spacial score (nSPS) is 30.4. The molecule has 5 bridgehead atoms. The summed E-state index contributed by atoms with van der Waals surface area (Å²) in [6.07, 6.45) is 10.3. The van der Waals surface area contributed by atoms with E-state index in [0.717, 1.165) is 43.9 Å². The van der Waals surface area contributed by atoms with Crippen LogP contribution in [0, 0.1) is 49.3 Å². The number of nitrogens with one attached hydrogen (secondary N) is 1. The molecule has 2 saturated heterocycles. The molecule has 2 aromatic carbocycles. The van der Waals surface area contributed by atoms with Crippen molar-refractivity contribution < 1.29 is 73.5 Å². The maximum Gasteiger partial charge on any atom is 0.341 e. The van der Waals surface area contributed by atoms with Gasteiger partial charge < -0.3 is 64.9 Å². The van der Waals surface area contributed by atoms with Crippen molar-refractivity contribution in [3.63, 3.8) is 0 Å². The number of aromatic carboxylic acids is 1. The number of methoxy groups -OCH3 is 1. The van der Waals surface area contributed by atoms with Gasteiger partial charge in [-0.05, 0) is 108 Å². The number of anilines is 2. The van der Waals surface area contributed by atoms with Crippen molar-refractivity contribution in [3.8, 4) is 23.0 Å². The number of hydrogen-bond donors (Lipinski definition) is 8. The average Bonchev–Trinajstić information content (AvgIpc) is 1.69. The molecule has 87 heavy (non-hydrogen) atoms. The quantitative estimate of drug-likeness (QED) is 0.0323. The van der Waals surface area contributed by atoms with Gasteiger partial charge in [0.05, 0.1) is 64.8 Å². The Morgan fingerprint density at radius 3 is 2.22 bits per heavy atom. The number of aryl methyl sites for hydroxylation is 1. The molecule has 2 aliphatic carbocycles.